The first kappa shape index (κ1) is 20.3. The first-order valence-corrected chi connectivity index (χ1v) is 7.63. The van der Waals surface area contributed by atoms with Crippen LogP contribution in [0.25, 0.3) is 0 Å². The van der Waals surface area contributed by atoms with Gasteiger partial charge in [0, 0.05) is 6.92 Å². The molecule has 0 amide bonds. The van der Waals surface area contributed by atoms with Crippen LogP contribution in [0.4, 0.5) is 0 Å². The fraction of sp³-hybridized carbons (Fsp3) is 0.812. The SMILES string of the molecule is CC(=O)O.CCCCCCCCCCCCC=CO. The van der Waals surface area contributed by atoms with Crippen molar-refractivity contribution >= 4 is 5.97 Å². The Morgan fingerprint density at radius 2 is 1.26 bits per heavy atom. The maximum atomic E-state index is 9.00. The summed E-state index contributed by atoms with van der Waals surface area (Å²) in [7, 11) is 0. The van der Waals surface area contributed by atoms with Crippen molar-refractivity contribution < 1.29 is 15.0 Å². The van der Waals surface area contributed by atoms with Crippen LogP contribution in [0.2, 0.25) is 0 Å². The lowest BCUT2D eigenvalue weighted by Crippen LogP contribution is -1.81. The number of carbonyl (C=O) groups is 1. The smallest absolute Gasteiger partial charge is 0.300 e. The molecule has 0 spiro atoms. The van der Waals surface area contributed by atoms with Crippen molar-refractivity contribution in [3.8, 4) is 0 Å². The molecule has 0 unspecified atom stereocenters. The topological polar surface area (TPSA) is 57.5 Å². The number of aliphatic hydroxyl groups is 1. The summed E-state index contributed by atoms with van der Waals surface area (Å²) in [5.74, 6) is -0.833. The second-order valence-corrected chi connectivity index (χ2v) is 4.87. The maximum absolute atomic E-state index is 9.00. The van der Waals surface area contributed by atoms with E-state index in [0.29, 0.717) is 0 Å². The Morgan fingerprint density at radius 1 is 0.895 bits per heavy atom. The van der Waals surface area contributed by atoms with Crippen molar-refractivity contribution in [2.24, 2.45) is 0 Å². The molecule has 0 aliphatic heterocycles. The lowest BCUT2D eigenvalue weighted by molar-refractivity contribution is -0.134. The van der Waals surface area contributed by atoms with E-state index >= 15 is 0 Å². The van der Waals surface area contributed by atoms with Crippen molar-refractivity contribution in [1.82, 2.24) is 0 Å². The molecule has 0 fully saturated rings. The molecule has 0 atom stereocenters. The van der Waals surface area contributed by atoms with Crippen LogP contribution in [0.5, 0.6) is 0 Å². The zero-order valence-electron chi connectivity index (χ0n) is 12.7. The summed E-state index contributed by atoms with van der Waals surface area (Å²) in [4.78, 5) is 9.00. The molecule has 19 heavy (non-hydrogen) atoms. The highest BCUT2D eigenvalue weighted by Gasteiger charge is 1.91. The Bertz CT molecular complexity index is 196. The molecule has 0 heterocycles. The van der Waals surface area contributed by atoms with Crippen LogP contribution in [-0.2, 0) is 4.79 Å². The highest BCUT2D eigenvalue weighted by molar-refractivity contribution is 5.62. The first-order valence-electron chi connectivity index (χ1n) is 7.63. The Labute approximate surface area is 118 Å². The van der Waals surface area contributed by atoms with E-state index < -0.39 is 5.97 Å². The van der Waals surface area contributed by atoms with E-state index in [1.807, 2.05) is 6.08 Å². The van der Waals surface area contributed by atoms with E-state index in [2.05, 4.69) is 6.92 Å². The molecule has 0 aromatic rings. The van der Waals surface area contributed by atoms with E-state index in [9.17, 15) is 0 Å². The summed E-state index contributed by atoms with van der Waals surface area (Å²) >= 11 is 0. The molecular formula is C16H32O3. The number of aliphatic hydroxyl groups excluding tert-OH is 1. The molecule has 0 aliphatic carbocycles. The minimum Gasteiger partial charge on any atom is -0.516 e. The summed E-state index contributed by atoms with van der Waals surface area (Å²) in [6.45, 7) is 3.35. The molecule has 0 aromatic carbocycles. The summed E-state index contributed by atoms with van der Waals surface area (Å²) in [5.41, 5.74) is 0. The number of rotatable bonds is 11. The zero-order valence-corrected chi connectivity index (χ0v) is 12.7. The molecular weight excluding hydrogens is 240 g/mol. The van der Waals surface area contributed by atoms with Gasteiger partial charge in [-0.3, -0.25) is 4.79 Å². The van der Waals surface area contributed by atoms with Gasteiger partial charge in [0.2, 0.25) is 0 Å². The number of allylic oxidation sites excluding steroid dienone is 1. The number of carboxylic acid groups (broad SMARTS) is 1. The fourth-order valence-electron chi connectivity index (χ4n) is 1.82. The normalized spacial score (nSPS) is 10.2. The van der Waals surface area contributed by atoms with E-state index in [1.54, 1.807) is 0 Å². The minimum atomic E-state index is -0.833. The Morgan fingerprint density at radius 3 is 1.63 bits per heavy atom. The van der Waals surface area contributed by atoms with Gasteiger partial charge < -0.3 is 10.2 Å². The number of hydrogen-bond donors (Lipinski definition) is 2. The summed E-state index contributed by atoms with van der Waals surface area (Å²) in [6.07, 6.45) is 17.8. The minimum absolute atomic E-state index is 0.833. The van der Waals surface area contributed by atoms with Gasteiger partial charge in [-0.05, 0) is 12.8 Å². The molecule has 0 radical (unpaired) electrons. The number of carboxylic acids is 1. The third kappa shape index (κ3) is 31.6. The highest BCUT2D eigenvalue weighted by atomic mass is 16.4. The van der Waals surface area contributed by atoms with Crippen molar-refractivity contribution in [3.63, 3.8) is 0 Å². The number of aliphatic carboxylic acids is 1. The van der Waals surface area contributed by atoms with Gasteiger partial charge in [-0.15, -0.1) is 0 Å². The van der Waals surface area contributed by atoms with Crippen molar-refractivity contribution in [3.05, 3.63) is 12.3 Å². The van der Waals surface area contributed by atoms with Crippen molar-refractivity contribution in [1.29, 1.82) is 0 Å². The van der Waals surface area contributed by atoms with Gasteiger partial charge in [-0.1, -0.05) is 70.8 Å². The Kier molecular flexibility index (Phi) is 20.7. The van der Waals surface area contributed by atoms with Crippen molar-refractivity contribution in [2.75, 3.05) is 0 Å². The van der Waals surface area contributed by atoms with Gasteiger partial charge >= 0.3 is 0 Å². The molecule has 0 saturated heterocycles. The fourth-order valence-corrected chi connectivity index (χ4v) is 1.82. The monoisotopic (exact) mass is 272 g/mol. The standard InChI is InChI=1S/C14H28O.C2H4O2/c1-2-3-4-5-6-7-8-9-10-11-12-13-14-15;1-2(3)4/h13-15H,2-12H2,1H3;1H3,(H,3,4). The lowest BCUT2D eigenvalue weighted by atomic mass is 10.1. The third-order valence-electron chi connectivity index (χ3n) is 2.83. The predicted octanol–water partition coefficient (Wildman–Crippen LogP) is 5.46. The van der Waals surface area contributed by atoms with E-state index in [-0.39, 0.29) is 0 Å². The molecule has 0 saturated carbocycles. The molecule has 3 heteroatoms. The number of hydrogen-bond acceptors (Lipinski definition) is 2. The molecule has 2 N–H and O–H groups in total. The van der Waals surface area contributed by atoms with Crippen LogP contribution < -0.4 is 0 Å². The third-order valence-corrected chi connectivity index (χ3v) is 2.83. The largest absolute Gasteiger partial charge is 0.516 e. The molecule has 114 valence electrons. The lowest BCUT2D eigenvalue weighted by Gasteiger charge is -2.00. The quantitative estimate of drug-likeness (QED) is 0.388. The van der Waals surface area contributed by atoms with Crippen LogP contribution >= 0.6 is 0 Å². The van der Waals surface area contributed by atoms with Crippen molar-refractivity contribution in [2.45, 2.75) is 84.5 Å². The molecule has 0 aromatic heterocycles. The highest BCUT2D eigenvalue weighted by Crippen LogP contribution is 2.11. The summed E-state index contributed by atoms with van der Waals surface area (Å²) in [6, 6.07) is 0. The van der Waals surface area contributed by atoms with Crippen LogP contribution in [0.3, 0.4) is 0 Å². The molecule has 0 aliphatic rings. The molecule has 0 bridgehead atoms. The molecule has 3 nitrogen and oxygen atoms in total. The first-order chi connectivity index (χ1) is 9.15. The van der Waals surface area contributed by atoms with E-state index in [4.69, 9.17) is 15.0 Å². The summed E-state index contributed by atoms with van der Waals surface area (Å²) in [5, 5.41) is 15.8. The van der Waals surface area contributed by atoms with Gasteiger partial charge in [0.1, 0.15) is 0 Å². The zero-order chi connectivity index (χ0) is 14.8. The average Bonchev–Trinajstić information content (AvgIpc) is 2.35. The van der Waals surface area contributed by atoms with Gasteiger partial charge in [-0.2, -0.15) is 0 Å². The second kappa shape index (κ2) is 19.4. The molecule has 0 rings (SSSR count). The van der Waals surface area contributed by atoms with Gasteiger partial charge in [0.05, 0.1) is 6.26 Å². The van der Waals surface area contributed by atoms with Gasteiger partial charge in [-0.25, -0.2) is 0 Å². The van der Waals surface area contributed by atoms with Crippen LogP contribution in [0.1, 0.15) is 84.5 Å². The van der Waals surface area contributed by atoms with Gasteiger partial charge in [0.25, 0.3) is 5.97 Å². The Hall–Kier alpha value is -0.990. The number of unbranched alkanes of at least 4 members (excludes halogenated alkanes) is 10. The van der Waals surface area contributed by atoms with Crippen LogP contribution in [0, 0.1) is 0 Å². The summed E-state index contributed by atoms with van der Waals surface area (Å²) < 4.78 is 0. The van der Waals surface area contributed by atoms with Crippen LogP contribution in [0.15, 0.2) is 12.3 Å². The Balaban J connectivity index is 0. The van der Waals surface area contributed by atoms with E-state index in [1.165, 1.54) is 64.2 Å². The second-order valence-electron chi connectivity index (χ2n) is 4.87. The average molecular weight is 272 g/mol. The predicted molar refractivity (Wildman–Crippen MR) is 81.5 cm³/mol. The van der Waals surface area contributed by atoms with Gasteiger partial charge in [0.15, 0.2) is 0 Å². The van der Waals surface area contributed by atoms with Crippen LogP contribution in [-0.4, -0.2) is 16.2 Å². The maximum Gasteiger partial charge on any atom is 0.300 e. The van der Waals surface area contributed by atoms with E-state index in [0.717, 1.165) is 19.6 Å².